The first kappa shape index (κ1) is 21.6. The van der Waals surface area contributed by atoms with Crippen molar-refractivity contribution in [2.45, 2.75) is 32.9 Å². The maximum Gasteiger partial charge on any atom is 0.426 e. The number of rotatable bonds is 4. The molecule has 1 heterocycles. The van der Waals surface area contributed by atoms with E-state index in [4.69, 9.17) is 4.74 Å². The van der Waals surface area contributed by atoms with E-state index < -0.39 is 11.7 Å². The number of carbonyl (C=O) groups excluding carboxylic acids is 2. The van der Waals surface area contributed by atoms with Crippen LogP contribution in [0.5, 0.6) is 0 Å². The highest BCUT2D eigenvalue weighted by Crippen LogP contribution is 2.18. The Labute approximate surface area is 178 Å². The molecule has 2 aromatic rings. The van der Waals surface area contributed by atoms with E-state index in [1.165, 1.54) is 5.56 Å². The predicted octanol–water partition coefficient (Wildman–Crippen LogP) is 3.18. The highest BCUT2D eigenvalue weighted by Gasteiger charge is 2.19. The molecule has 0 aliphatic carbocycles. The number of hydrogen-bond acceptors (Lipinski definition) is 5. The molecule has 0 saturated carbocycles. The van der Waals surface area contributed by atoms with Crippen LogP contribution in [-0.2, 0) is 11.3 Å². The van der Waals surface area contributed by atoms with E-state index in [9.17, 15) is 9.59 Å². The summed E-state index contributed by atoms with van der Waals surface area (Å²) < 4.78 is 5.09. The van der Waals surface area contributed by atoms with Crippen molar-refractivity contribution in [2.75, 3.05) is 31.1 Å². The van der Waals surface area contributed by atoms with E-state index in [0.29, 0.717) is 5.56 Å². The SMILES string of the molecule is CC(C)(C)OC(=O)NNC(=O)c1ccc(N2CCN(Cc3ccccc3)CC2)cc1. The molecule has 0 unspecified atom stereocenters. The van der Waals surface area contributed by atoms with Gasteiger partial charge in [-0.15, -0.1) is 0 Å². The molecular weight excluding hydrogens is 380 g/mol. The second kappa shape index (κ2) is 9.63. The molecule has 7 nitrogen and oxygen atoms in total. The van der Waals surface area contributed by atoms with E-state index >= 15 is 0 Å². The number of ether oxygens (including phenoxy) is 1. The van der Waals surface area contributed by atoms with Gasteiger partial charge in [-0.05, 0) is 50.6 Å². The molecule has 0 atom stereocenters. The monoisotopic (exact) mass is 410 g/mol. The fourth-order valence-corrected chi connectivity index (χ4v) is 3.31. The topological polar surface area (TPSA) is 73.9 Å². The molecule has 0 bridgehead atoms. The molecule has 30 heavy (non-hydrogen) atoms. The van der Waals surface area contributed by atoms with E-state index in [1.807, 2.05) is 18.2 Å². The first-order chi connectivity index (χ1) is 14.3. The van der Waals surface area contributed by atoms with E-state index in [2.05, 4.69) is 44.9 Å². The van der Waals surface area contributed by atoms with Crippen molar-refractivity contribution in [1.82, 2.24) is 15.8 Å². The number of nitrogens with zero attached hydrogens (tertiary/aromatic N) is 2. The number of amides is 2. The minimum Gasteiger partial charge on any atom is -0.443 e. The van der Waals surface area contributed by atoms with E-state index in [-0.39, 0.29) is 5.91 Å². The van der Waals surface area contributed by atoms with Crippen LogP contribution in [0.3, 0.4) is 0 Å². The maximum atomic E-state index is 12.2. The Morgan fingerprint density at radius 1 is 0.900 bits per heavy atom. The summed E-state index contributed by atoms with van der Waals surface area (Å²) in [6.45, 7) is 10.1. The van der Waals surface area contributed by atoms with Gasteiger partial charge in [0.2, 0.25) is 0 Å². The second-order valence-corrected chi connectivity index (χ2v) is 8.38. The van der Waals surface area contributed by atoms with Crippen molar-refractivity contribution < 1.29 is 14.3 Å². The average molecular weight is 411 g/mol. The first-order valence-corrected chi connectivity index (χ1v) is 10.2. The fraction of sp³-hybridized carbons (Fsp3) is 0.391. The van der Waals surface area contributed by atoms with Crippen molar-refractivity contribution in [2.24, 2.45) is 0 Å². The van der Waals surface area contributed by atoms with Crippen molar-refractivity contribution >= 4 is 17.7 Å². The summed E-state index contributed by atoms with van der Waals surface area (Å²) in [5, 5.41) is 0. The van der Waals surface area contributed by atoms with Crippen molar-refractivity contribution in [3.63, 3.8) is 0 Å². The van der Waals surface area contributed by atoms with Crippen LogP contribution >= 0.6 is 0 Å². The van der Waals surface area contributed by atoms with Gasteiger partial charge in [-0.3, -0.25) is 15.1 Å². The van der Waals surface area contributed by atoms with Gasteiger partial charge in [-0.1, -0.05) is 30.3 Å². The van der Waals surface area contributed by atoms with Gasteiger partial charge in [-0.25, -0.2) is 10.2 Å². The lowest BCUT2D eigenvalue weighted by Crippen LogP contribution is -2.46. The molecule has 1 fully saturated rings. The Kier molecular flexibility index (Phi) is 6.95. The van der Waals surface area contributed by atoms with Crippen LogP contribution in [0.1, 0.15) is 36.7 Å². The van der Waals surface area contributed by atoms with E-state index in [1.54, 1.807) is 32.9 Å². The Morgan fingerprint density at radius 3 is 2.13 bits per heavy atom. The number of anilines is 1. The molecule has 2 N–H and O–H groups in total. The quantitative estimate of drug-likeness (QED) is 0.758. The van der Waals surface area contributed by atoms with Gasteiger partial charge in [0.1, 0.15) is 5.60 Å². The summed E-state index contributed by atoms with van der Waals surface area (Å²) in [6.07, 6.45) is -0.694. The Balaban J connectivity index is 1.46. The zero-order chi connectivity index (χ0) is 21.6. The molecular formula is C23H30N4O3. The second-order valence-electron chi connectivity index (χ2n) is 8.38. The van der Waals surface area contributed by atoms with Crippen LogP contribution in [0, 0.1) is 0 Å². The zero-order valence-electron chi connectivity index (χ0n) is 17.9. The van der Waals surface area contributed by atoms with Gasteiger partial charge in [0, 0.05) is 44.0 Å². The largest absolute Gasteiger partial charge is 0.443 e. The maximum absolute atomic E-state index is 12.2. The molecule has 2 amide bonds. The van der Waals surface area contributed by atoms with Crippen LogP contribution < -0.4 is 15.8 Å². The minimum absolute atomic E-state index is 0.389. The summed E-state index contributed by atoms with van der Waals surface area (Å²) >= 11 is 0. The van der Waals surface area contributed by atoms with E-state index in [0.717, 1.165) is 38.4 Å². The first-order valence-electron chi connectivity index (χ1n) is 10.2. The molecule has 1 aliphatic rings. The summed E-state index contributed by atoms with van der Waals surface area (Å²) in [5.74, 6) is -0.389. The van der Waals surface area contributed by atoms with Crippen LogP contribution in [-0.4, -0.2) is 48.7 Å². The van der Waals surface area contributed by atoms with Crippen LogP contribution in [0.25, 0.3) is 0 Å². The average Bonchev–Trinajstić information content (AvgIpc) is 2.72. The van der Waals surface area contributed by atoms with Crippen LogP contribution in [0.2, 0.25) is 0 Å². The number of hydrogen-bond donors (Lipinski definition) is 2. The summed E-state index contributed by atoms with van der Waals surface area (Å²) in [5.41, 5.74) is 6.90. The van der Waals surface area contributed by atoms with Gasteiger partial charge >= 0.3 is 6.09 Å². The number of nitrogens with one attached hydrogen (secondary N) is 2. The normalized spacial score (nSPS) is 14.8. The molecule has 1 aliphatic heterocycles. The number of hydrazine groups is 1. The molecule has 2 aromatic carbocycles. The van der Waals surface area contributed by atoms with Crippen LogP contribution in [0.15, 0.2) is 54.6 Å². The van der Waals surface area contributed by atoms with Crippen LogP contribution in [0.4, 0.5) is 10.5 Å². The molecule has 0 spiro atoms. The van der Waals surface area contributed by atoms with Crippen molar-refractivity contribution in [3.8, 4) is 0 Å². The lowest BCUT2D eigenvalue weighted by molar-refractivity contribution is 0.0483. The Bertz CT molecular complexity index is 839. The molecule has 7 heteroatoms. The predicted molar refractivity (Wildman–Crippen MR) is 117 cm³/mol. The standard InChI is InChI=1S/C23H30N4O3/c1-23(2,3)30-22(29)25-24-21(28)19-9-11-20(12-10-19)27-15-13-26(14-16-27)17-18-7-5-4-6-8-18/h4-12H,13-17H2,1-3H3,(H,24,28)(H,25,29). The third-order valence-corrected chi connectivity index (χ3v) is 4.79. The lowest BCUT2D eigenvalue weighted by Gasteiger charge is -2.36. The number of benzene rings is 2. The van der Waals surface area contributed by atoms with Gasteiger partial charge in [0.05, 0.1) is 0 Å². The molecule has 0 aromatic heterocycles. The number of carbonyl (C=O) groups is 2. The highest BCUT2D eigenvalue weighted by molar-refractivity contribution is 5.95. The fourth-order valence-electron chi connectivity index (χ4n) is 3.31. The zero-order valence-corrected chi connectivity index (χ0v) is 17.9. The lowest BCUT2D eigenvalue weighted by atomic mass is 10.1. The summed E-state index contributed by atoms with van der Waals surface area (Å²) in [6, 6.07) is 17.9. The molecule has 160 valence electrons. The van der Waals surface area contributed by atoms with Crippen molar-refractivity contribution in [1.29, 1.82) is 0 Å². The Morgan fingerprint density at radius 2 is 1.53 bits per heavy atom. The number of piperazine rings is 1. The van der Waals surface area contributed by atoms with Gasteiger partial charge in [0.25, 0.3) is 5.91 Å². The van der Waals surface area contributed by atoms with Crippen molar-refractivity contribution in [3.05, 3.63) is 65.7 Å². The Hall–Kier alpha value is -3.06. The molecule has 3 rings (SSSR count). The molecule has 1 saturated heterocycles. The minimum atomic E-state index is -0.694. The van der Waals surface area contributed by atoms with Gasteiger partial charge < -0.3 is 9.64 Å². The smallest absolute Gasteiger partial charge is 0.426 e. The highest BCUT2D eigenvalue weighted by atomic mass is 16.6. The van der Waals surface area contributed by atoms with Gasteiger partial charge in [-0.2, -0.15) is 0 Å². The van der Waals surface area contributed by atoms with Gasteiger partial charge in [0.15, 0.2) is 0 Å². The third kappa shape index (κ3) is 6.49. The summed E-state index contributed by atoms with van der Waals surface area (Å²) in [4.78, 5) is 28.6. The molecule has 0 radical (unpaired) electrons. The summed E-state index contributed by atoms with van der Waals surface area (Å²) in [7, 11) is 0. The third-order valence-electron chi connectivity index (χ3n) is 4.79.